The van der Waals surface area contributed by atoms with Gasteiger partial charge in [0.05, 0.1) is 6.04 Å². The molecular formula is C9H11BrN2OS. The number of nitrogens with two attached hydrogens (primary N) is 1. The first-order chi connectivity index (χ1) is 6.59. The van der Waals surface area contributed by atoms with E-state index in [1.54, 1.807) is 16.2 Å². The van der Waals surface area contributed by atoms with E-state index >= 15 is 0 Å². The zero-order valence-corrected chi connectivity index (χ0v) is 10.1. The lowest BCUT2D eigenvalue weighted by atomic mass is 10.1. The first kappa shape index (κ1) is 10.1. The molecule has 2 rings (SSSR count). The van der Waals surface area contributed by atoms with E-state index in [-0.39, 0.29) is 18.0 Å². The fourth-order valence-electron chi connectivity index (χ4n) is 1.78. The summed E-state index contributed by atoms with van der Waals surface area (Å²) < 4.78 is 1.05. The van der Waals surface area contributed by atoms with Crippen molar-refractivity contribution in [1.29, 1.82) is 0 Å². The molecule has 1 aromatic rings. The molecule has 0 radical (unpaired) electrons. The lowest BCUT2D eigenvalue weighted by Gasteiger charge is -2.21. The molecule has 1 saturated heterocycles. The zero-order chi connectivity index (χ0) is 10.3. The molecule has 1 aliphatic heterocycles. The molecule has 1 aliphatic rings. The molecule has 2 atom stereocenters. The van der Waals surface area contributed by atoms with Crippen LogP contribution in [0.4, 0.5) is 0 Å². The average molecular weight is 275 g/mol. The summed E-state index contributed by atoms with van der Waals surface area (Å²) in [6.45, 7) is 0. The van der Waals surface area contributed by atoms with Gasteiger partial charge in [-0.3, -0.25) is 4.79 Å². The highest BCUT2D eigenvalue weighted by Crippen LogP contribution is 2.35. The summed E-state index contributed by atoms with van der Waals surface area (Å²) in [5.74, 6) is 0.132. The SMILES string of the molecule is CN1C(=O)CC(N)C1c1cc(Br)cs1. The van der Waals surface area contributed by atoms with Crippen molar-refractivity contribution in [2.75, 3.05) is 7.05 Å². The monoisotopic (exact) mass is 274 g/mol. The fraction of sp³-hybridized carbons (Fsp3) is 0.444. The fourth-order valence-corrected chi connectivity index (χ4v) is 3.45. The van der Waals surface area contributed by atoms with Gasteiger partial charge in [-0.15, -0.1) is 11.3 Å². The Hall–Kier alpha value is -0.390. The number of thiophene rings is 1. The maximum atomic E-state index is 11.4. The van der Waals surface area contributed by atoms with E-state index in [0.717, 1.165) is 9.35 Å². The van der Waals surface area contributed by atoms with Gasteiger partial charge in [-0.25, -0.2) is 0 Å². The third-order valence-corrected chi connectivity index (χ3v) is 4.27. The molecule has 2 unspecified atom stereocenters. The van der Waals surface area contributed by atoms with Gasteiger partial charge in [0.2, 0.25) is 5.91 Å². The van der Waals surface area contributed by atoms with Gasteiger partial charge in [-0.2, -0.15) is 0 Å². The second kappa shape index (κ2) is 3.64. The van der Waals surface area contributed by atoms with E-state index < -0.39 is 0 Å². The summed E-state index contributed by atoms with van der Waals surface area (Å²) in [5, 5.41) is 2.01. The Labute approximate surface area is 95.0 Å². The van der Waals surface area contributed by atoms with Crippen LogP contribution in [-0.4, -0.2) is 23.9 Å². The Bertz CT molecular complexity index is 365. The topological polar surface area (TPSA) is 46.3 Å². The molecule has 2 N–H and O–H groups in total. The van der Waals surface area contributed by atoms with Crippen LogP contribution in [0.3, 0.4) is 0 Å². The van der Waals surface area contributed by atoms with E-state index in [2.05, 4.69) is 15.9 Å². The first-order valence-corrected chi connectivity index (χ1v) is 6.02. The zero-order valence-electron chi connectivity index (χ0n) is 7.74. The molecule has 0 aliphatic carbocycles. The third kappa shape index (κ3) is 1.60. The first-order valence-electron chi connectivity index (χ1n) is 4.35. The van der Waals surface area contributed by atoms with Gasteiger partial charge in [-0.1, -0.05) is 0 Å². The van der Waals surface area contributed by atoms with Crippen molar-refractivity contribution < 1.29 is 4.79 Å². The Morgan fingerprint density at radius 2 is 2.43 bits per heavy atom. The van der Waals surface area contributed by atoms with Crippen LogP contribution < -0.4 is 5.73 Å². The summed E-state index contributed by atoms with van der Waals surface area (Å²) in [7, 11) is 1.81. The van der Waals surface area contributed by atoms with Crippen LogP contribution in [0.2, 0.25) is 0 Å². The smallest absolute Gasteiger partial charge is 0.224 e. The predicted octanol–water partition coefficient (Wildman–Crippen LogP) is 1.74. The Morgan fingerprint density at radius 3 is 2.86 bits per heavy atom. The van der Waals surface area contributed by atoms with Gasteiger partial charge < -0.3 is 10.6 Å². The minimum absolute atomic E-state index is 0.0544. The van der Waals surface area contributed by atoms with Crippen LogP contribution in [-0.2, 0) is 4.79 Å². The number of likely N-dealkylation sites (tertiary alicyclic amines) is 1. The van der Waals surface area contributed by atoms with Crippen LogP contribution in [0.15, 0.2) is 15.9 Å². The summed E-state index contributed by atoms with van der Waals surface area (Å²) in [6, 6.07) is 2.02. The van der Waals surface area contributed by atoms with E-state index in [1.807, 2.05) is 18.5 Å². The molecule has 3 nitrogen and oxygen atoms in total. The van der Waals surface area contributed by atoms with Crippen LogP contribution in [0.25, 0.3) is 0 Å². The van der Waals surface area contributed by atoms with Crippen molar-refractivity contribution in [2.45, 2.75) is 18.5 Å². The molecule has 76 valence electrons. The normalized spacial score (nSPS) is 27.4. The van der Waals surface area contributed by atoms with Gasteiger partial charge >= 0.3 is 0 Å². The van der Waals surface area contributed by atoms with E-state index in [4.69, 9.17) is 5.73 Å². The Balaban J connectivity index is 2.30. The van der Waals surface area contributed by atoms with Crippen LogP contribution in [0.1, 0.15) is 17.3 Å². The lowest BCUT2D eigenvalue weighted by molar-refractivity contribution is -0.127. The van der Waals surface area contributed by atoms with Crippen molar-refractivity contribution in [3.05, 3.63) is 20.8 Å². The van der Waals surface area contributed by atoms with Gasteiger partial charge in [-0.05, 0) is 22.0 Å². The molecule has 1 amide bonds. The molecule has 0 spiro atoms. The quantitative estimate of drug-likeness (QED) is 0.848. The molecule has 0 saturated carbocycles. The molecule has 14 heavy (non-hydrogen) atoms. The Morgan fingerprint density at radius 1 is 1.71 bits per heavy atom. The number of nitrogens with zero attached hydrogens (tertiary/aromatic N) is 1. The van der Waals surface area contributed by atoms with Crippen LogP contribution in [0.5, 0.6) is 0 Å². The number of amides is 1. The van der Waals surface area contributed by atoms with Crippen LogP contribution in [0, 0.1) is 0 Å². The van der Waals surface area contributed by atoms with E-state index in [0.29, 0.717) is 6.42 Å². The van der Waals surface area contributed by atoms with Crippen molar-refractivity contribution in [3.8, 4) is 0 Å². The second-order valence-electron chi connectivity index (χ2n) is 3.48. The maximum Gasteiger partial charge on any atom is 0.224 e. The van der Waals surface area contributed by atoms with Crippen molar-refractivity contribution in [2.24, 2.45) is 5.73 Å². The Kier molecular flexibility index (Phi) is 2.64. The molecule has 0 aromatic carbocycles. The van der Waals surface area contributed by atoms with Gasteiger partial charge in [0.1, 0.15) is 0 Å². The van der Waals surface area contributed by atoms with Crippen molar-refractivity contribution in [1.82, 2.24) is 4.90 Å². The molecule has 0 bridgehead atoms. The molecule has 1 aromatic heterocycles. The predicted molar refractivity (Wildman–Crippen MR) is 60.1 cm³/mol. The second-order valence-corrected chi connectivity index (χ2v) is 5.34. The highest BCUT2D eigenvalue weighted by Gasteiger charge is 2.36. The van der Waals surface area contributed by atoms with Crippen LogP contribution >= 0.6 is 27.3 Å². The van der Waals surface area contributed by atoms with Gasteiger partial charge in [0.25, 0.3) is 0 Å². The standard InChI is InChI=1S/C9H11BrN2OS/c1-12-8(13)3-6(11)9(12)7-2-5(10)4-14-7/h2,4,6,9H,3,11H2,1H3. The number of halogens is 1. The highest BCUT2D eigenvalue weighted by atomic mass is 79.9. The molecular weight excluding hydrogens is 264 g/mol. The number of carbonyl (C=O) groups excluding carboxylic acids is 1. The number of carbonyl (C=O) groups is 1. The molecule has 2 heterocycles. The number of rotatable bonds is 1. The third-order valence-electron chi connectivity index (χ3n) is 2.51. The van der Waals surface area contributed by atoms with Crippen molar-refractivity contribution in [3.63, 3.8) is 0 Å². The minimum Gasteiger partial charge on any atom is -0.336 e. The number of hydrogen-bond donors (Lipinski definition) is 1. The van der Waals surface area contributed by atoms with Gasteiger partial charge in [0.15, 0.2) is 0 Å². The number of likely N-dealkylation sites (N-methyl/N-ethyl adjacent to an activating group) is 1. The van der Waals surface area contributed by atoms with E-state index in [1.165, 1.54) is 0 Å². The lowest BCUT2D eigenvalue weighted by Crippen LogP contribution is -2.29. The minimum atomic E-state index is -0.0713. The summed E-state index contributed by atoms with van der Waals surface area (Å²) >= 11 is 5.04. The van der Waals surface area contributed by atoms with Gasteiger partial charge in [0, 0.05) is 34.2 Å². The molecule has 5 heteroatoms. The number of hydrogen-bond acceptors (Lipinski definition) is 3. The maximum absolute atomic E-state index is 11.4. The highest BCUT2D eigenvalue weighted by molar-refractivity contribution is 9.10. The van der Waals surface area contributed by atoms with E-state index in [9.17, 15) is 4.79 Å². The van der Waals surface area contributed by atoms with Crippen molar-refractivity contribution >= 4 is 33.2 Å². The molecule has 1 fully saturated rings. The average Bonchev–Trinajstić information content (AvgIpc) is 2.60. The summed E-state index contributed by atoms with van der Waals surface area (Å²) in [6.07, 6.45) is 0.455. The summed E-state index contributed by atoms with van der Waals surface area (Å²) in [5.41, 5.74) is 5.93. The largest absolute Gasteiger partial charge is 0.336 e. The summed E-state index contributed by atoms with van der Waals surface area (Å²) in [4.78, 5) is 14.3.